The van der Waals surface area contributed by atoms with E-state index in [2.05, 4.69) is 15.4 Å². The molecule has 13 heteroatoms. The van der Waals surface area contributed by atoms with Gasteiger partial charge in [0.1, 0.15) is 5.69 Å². The Hall–Kier alpha value is -4.11. The van der Waals surface area contributed by atoms with Crippen LogP contribution in [0.4, 0.5) is 29.3 Å². The number of pyridine rings is 1. The summed E-state index contributed by atoms with van der Waals surface area (Å²) in [6.45, 7) is 1.50. The molecule has 0 saturated heterocycles. The monoisotopic (exact) mass is 478 g/mol. The van der Waals surface area contributed by atoms with Crippen LogP contribution in [-0.4, -0.2) is 38.9 Å². The Balaban J connectivity index is 2.14. The smallest absolute Gasteiger partial charge is 0.435 e. The predicted molar refractivity (Wildman–Crippen MR) is 112 cm³/mol. The summed E-state index contributed by atoms with van der Waals surface area (Å²) < 4.78 is 40.6. The van der Waals surface area contributed by atoms with Gasteiger partial charge in [-0.05, 0) is 36.8 Å². The molecule has 0 unspecified atom stereocenters. The van der Waals surface area contributed by atoms with Crippen molar-refractivity contribution in [1.82, 2.24) is 14.8 Å². The maximum atomic E-state index is 13.3. The second-order valence-electron chi connectivity index (χ2n) is 6.73. The molecule has 2 N–H and O–H groups in total. The Bertz CT molecular complexity index is 1300. The summed E-state index contributed by atoms with van der Waals surface area (Å²) in [5.74, 6) is -1.24. The molecule has 33 heavy (non-hydrogen) atoms. The van der Waals surface area contributed by atoms with Crippen molar-refractivity contribution in [1.29, 1.82) is 5.26 Å². The number of hydrogen-bond donors (Lipinski definition) is 2. The number of nitriles is 1. The number of carbonyl (C=O) groups excluding carboxylic acids is 1. The summed E-state index contributed by atoms with van der Waals surface area (Å²) in [4.78, 5) is 29.2. The van der Waals surface area contributed by atoms with E-state index in [1.165, 1.54) is 44.4 Å². The quantitative estimate of drug-likeness (QED) is 0.569. The molecular formula is C20H14ClF3N6O3. The van der Waals surface area contributed by atoms with Crippen molar-refractivity contribution in [3.63, 3.8) is 0 Å². The number of halogens is 4. The minimum Gasteiger partial charge on any atom is -0.465 e. The molecule has 9 nitrogen and oxygen atoms in total. The van der Waals surface area contributed by atoms with Gasteiger partial charge in [-0.25, -0.2) is 14.5 Å². The average molecular weight is 479 g/mol. The number of carbonyl (C=O) groups is 2. The molecular weight excluding hydrogens is 465 g/mol. The predicted octanol–water partition coefficient (Wildman–Crippen LogP) is 4.49. The molecule has 1 aromatic carbocycles. The Labute approximate surface area is 189 Å². The van der Waals surface area contributed by atoms with Crippen molar-refractivity contribution in [2.45, 2.75) is 13.1 Å². The number of carboxylic acid groups (broad SMARTS) is 1. The van der Waals surface area contributed by atoms with Gasteiger partial charge in [-0.15, -0.1) is 0 Å². The van der Waals surface area contributed by atoms with E-state index >= 15 is 0 Å². The van der Waals surface area contributed by atoms with Gasteiger partial charge in [0.15, 0.2) is 11.5 Å². The van der Waals surface area contributed by atoms with E-state index in [9.17, 15) is 33.1 Å². The highest BCUT2D eigenvalue weighted by Gasteiger charge is 2.37. The lowest BCUT2D eigenvalue weighted by atomic mass is 10.1. The molecule has 0 bridgehead atoms. The summed E-state index contributed by atoms with van der Waals surface area (Å²) >= 11 is 6.04. The van der Waals surface area contributed by atoms with Crippen LogP contribution in [0.1, 0.15) is 27.3 Å². The van der Waals surface area contributed by atoms with Gasteiger partial charge in [0.25, 0.3) is 5.91 Å². The van der Waals surface area contributed by atoms with Crippen molar-refractivity contribution < 1.29 is 27.9 Å². The number of benzene rings is 1. The number of nitrogens with one attached hydrogen (secondary N) is 1. The summed E-state index contributed by atoms with van der Waals surface area (Å²) in [7, 11) is 1.19. The number of aromatic nitrogens is 3. The highest BCUT2D eigenvalue weighted by atomic mass is 35.5. The molecule has 0 aliphatic carbocycles. The Morgan fingerprint density at radius 2 is 2.00 bits per heavy atom. The van der Waals surface area contributed by atoms with Gasteiger partial charge in [-0.2, -0.15) is 23.5 Å². The average Bonchev–Trinajstić information content (AvgIpc) is 3.20. The fourth-order valence-corrected chi connectivity index (χ4v) is 3.12. The number of rotatable bonds is 4. The molecule has 0 radical (unpaired) electrons. The first-order valence-corrected chi connectivity index (χ1v) is 9.42. The molecule has 0 aliphatic heterocycles. The lowest BCUT2D eigenvalue weighted by Crippen LogP contribution is -2.26. The van der Waals surface area contributed by atoms with Crippen molar-refractivity contribution in [2.75, 3.05) is 17.3 Å². The molecule has 2 amide bonds. The van der Waals surface area contributed by atoms with E-state index in [4.69, 9.17) is 11.6 Å². The summed E-state index contributed by atoms with van der Waals surface area (Å²) in [6, 6.07) is 7.84. The van der Waals surface area contributed by atoms with Gasteiger partial charge >= 0.3 is 12.3 Å². The highest BCUT2D eigenvalue weighted by molar-refractivity contribution is 6.32. The van der Waals surface area contributed by atoms with E-state index in [0.29, 0.717) is 16.3 Å². The van der Waals surface area contributed by atoms with Gasteiger partial charge in [-0.3, -0.25) is 9.69 Å². The van der Waals surface area contributed by atoms with Crippen LogP contribution >= 0.6 is 11.6 Å². The van der Waals surface area contributed by atoms with Gasteiger partial charge in [-0.1, -0.05) is 11.6 Å². The Morgan fingerprint density at radius 3 is 2.58 bits per heavy atom. The fourth-order valence-electron chi connectivity index (χ4n) is 2.92. The zero-order valence-corrected chi connectivity index (χ0v) is 17.7. The number of aryl methyl sites for hydroxylation is 1. The van der Waals surface area contributed by atoms with Crippen molar-refractivity contribution in [3.8, 4) is 11.9 Å². The summed E-state index contributed by atoms with van der Waals surface area (Å²) in [5.41, 5.74) is -1.53. The van der Waals surface area contributed by atoms with E-state index < -0.39 is 29.6 Å². The number of hydrogen-bond acceptors (Lipinski definition) is 5. The summed E-state index contributed by atoms with van der Waals surface area (Å²) in [6.07, 6.45) is -4.98. The largest absolute Gasteiger partial charge is 0.465 e. The second kappa shape index (κ2) is 8.79. The second-order valence-corrected chi connectivity index (χ2v) is 7.14. The van der Waals surface area contributed by atoms with Crippen molar-refractivity contribution in [2.24, 2.45) is 0 Å². The molecule has 170 valence electrons. The number of nitrogens with zero attached hydrogens (tertiary/aromatic N) is 5. The summed E-state index contributed by atoms with van der Waals surface area (Å²) in [5, 5.41) is 24.4. The minimum absolute atomic E-state index is 0.0164. The molecule has 0 spiro atoms. The Kier molecular flexibility index (Phi) is 6.28. The lowest BCUT2D eigenvalue weighted by Gasteiger charge is -2.20. The topological polar surface area (TPSA) is 124 Å². The lowest BCUT2D eigenvalue weighted by molar-refractivity contribution is -0.141. The maximum absolute atomic E-state index is 13.3. The first-order chi connectivity index (χ1) is 15.4. The molecule has 2 heterocycles. The van der Waals surface area contributed by atoms with E-state index in [-0.39, 0.29) is 27.8 Å². The van der Waals surface area contributed by atoms with Crippen LogP contribution in [0.15, 0.2) is 36.5 Å². The SMILES string of the molecule is Cc1cc(C#N)cc(N(C)C(=O)O)c1NC(=O)c1cc(C(F)(F)F)nn1-c1ncccc1Cl. The first-order valence-electron chi connectivity index (χ1n) is 9.05. The highest BCUT2D eigenvalue weighted by Crippen LogP contribution is 2.33. The van der Waals surface area contributed by atoms with Crippen LogP contribution < -0.4 is 10.2 Å². The van der Waals surface area contributed by atoms with Gasteiger partial charge < -0.3 is 10.4 Å². The molecule has 0 fully saturated rings. The zero-order valence-electron chi connectivity index (χ0n) is 17.0. The zero-order chi connectivity index (χ0) is 24.5. The third-order valence-corrected chi connectivity index (χ3v) is 4.80. The third-order valence-electron chi connectivity index (χ3n) is 4.50. The number of alkyl halides is 3. The standard InChI is InChI=1S/C20H14ClF3N6O3/c1-10-6-11(9-25)7-13(29(2)19(32)33)16(10)27-18(31)14-8-15(20(22,23)24)28-30(14)17-12(21)4-3-5-26-17/h3-8H,1-2H3,(H,27,31)(H,32,33). The molecule has 3 rings (SSSR count). The molecule has 2 aromatic heterocycles. The van der Waals surface area contributed by atoms with Gasteiger partial charge in [0.05, 0.1) is 28.0 Å². The molecule has 0 atom stereocenters. The third kappa shape index (κ3) is 4.73. The normalized spacial score (nSPS) is 11.1. The van der Waals surface area contributed by atoms with Crippen LogP contribution in [-0.2, 0) is 6.18 Å². The van der Waals surface area contributed by atoms with E-state index in [0.717, 1.165) is 4.90 Å². The van der Waals surface area contributed by atoms with Crippen molar-refractivity contribution in [3.05, 3.63) is 64.1 Å². The number of anilines is 2. The fraction of sp³-hybridized carbons (Fsp3) is 0.150. The minimum atomic E-state index is -4.86. The molecule has 3 aromatic rings. The van der Waals surface area contributed by atoms with Crippen molar-refractivity contribution >= 4 is 35.0 Å². The van der Waals surface area contributed by atoms with Gasteiger partial charge in [0.2, 0.25) is 0 Å². The van der Waals surface area contributed by atoms with Crippen LogP contribution in [0.3, 0.4) is 0 Å². The molecule has 0 aliphatic rings. The van der Waals surface area contributed by atoms with Crippen LogP contribution in [0.2, 0.25) is 5.02 Å². The maximum Gasteiger partial charge on any atom is 0.435 e. The van der Waals surface area contributed by atoms with E-state index in [1.807, 2.05) is 6.07 Å². The molecule has 0 saturated carbocycles. The van der Waals surface area contributed by atoms with E-state index in [1.54, 1.807) is 0 Å². The van der Waals surface area contributed by atoms with Crippen LogP contribution in [0.5, 0.6) is 0 Å². The number of amides is 2. The van der Waals surface area contributed by atoms with Crippen LogP contribution in [0, 0.1) is 18.3 Å². The van der Waals surface area contributed by atoms with Crippen LogP contribution in [0.25, 0.3) is 5.82 Å². The first kappa shape index (κ1) is 23.6. The Morgan fingerprint density at radius 1 is 1.30 bits per heavy atom. The van der Waals surface area contributed by atoms with Gasteiger partial charge in [0, 0.05) is 19.3 Å².